The fraction of sp³-hybridized carbons (Fsp3) is 0.333. The second kappa shape index (κ2) is 10.4. The topological polar surface area (TPSA) is 116 Å². The Bertz CT molecular complexity index is 1600. The Morgan fingerprint density at radius 1 is 1.24 bits per heavy atom. The zero-order chi connectivity index (χ0) is 29.7. The van der Waals surface area contributed by atoms with E-state index in [-0.39, 0.29) is 38.8 Å². The molecule has 11 heteroatoms. The number of amides is 2. The Labute approximate surface area is 241 Å². The smallest absolute Gasteiger partial charge is 0.242 e. The number of carbonyl (C=O) groups excluding carboxylic acids is 2. The summed E-state index contributed by atoms with van der Waals surface area (Å²) in [7, 11) is 1.41. The number of carbonyl (C=O) groups is 2. The van der Waals surface area contributed by atoms with Gasteiger partial charge < -0.3 is 20.7 Å². The minimum Gasteiger partial charge on any atom is -0.495 e. The Morgan fingerprint density at radius 2 is 2.00 bits per heavy atom. The van der Waals surface area contributed by atoms with E-state index in [1.807, 2.05) is 26.8 Å². The molecule has 41 heavy (non-hydrogen) atoms. The number of halogens is 3. The largest absolute Gasteiger partial charge is 0.495 e. The molecule has 2 aromatic carbocycles. The van der Waals surface area contributed by atoms with Crippen LogP contribution in [0.3, 0.4) is 0 Å². The molecule has 2 amide bonds. The highest BCUT2D eigenvalue weighted by molar-refractivity contribution is 6.30. The number of nitrogens with zero attached hydrogens (tertiary/aromatic N) is 2. The summed E-state index contributed by atoms with van der Waals surface area (Å²) in [6, 6.07) is 10.3. The molecular formula is C30H28ClF2N5O3. The molecule has 1 fully saturated rings. The summed E-state index contributed by atoms with van der Waals surface area (Å²) in [4.78, 5) is 32.5. The van der Waals surface area contributed by atoms with Crippen LogP contribution in [0.1, 0.15) is 49.9 Å². The molecule has 212 valence electrons. The van der Waals surface area contributed by atoms with E-state index in [0.29, 0.717) is 12.0 Å². The standard InChI is InChI=1S/C30H28ClF2N5O3/c1-29(2,3)12-22-30(26-20(37-28(30)40)11-16(32)14-35-26)23(17-6-5-7-18(31)24(17)33)25(38-22)27(39)36-19-9-8-15(13-34)10-21(19)41-4/h5-11,14,22-23,25,38H,12H2,1-4H3,(H,36,39)(H,37,40)/t22-,23-,25+,30+/m0/s1. The number of ether oxygens (including phenoxy) is 1. The van der Waals surface area contributed by atoms with Crippen molar-refractivity contribution in [2.75, 3.05) is 17.7 Å². The van der Waals surface area contributed by atoms with Crippen LogP contribution in [-0.4, -0.2) is 36.0 Å². The van der Waals surface area contributed by atoms with Gasteiger partial charge in [-0.25, -0.2) is 8.78 Å². The lowest BCUT2D eigenvalue weighted by Crippen LogP contribution is -2.50. The summed E-state index contributed by atoms with van der Waals surface area (Å²) in [6.45, 7) is 5.95. The van der Waals surface area contributed by atoms with Crippen LogP contribution in [-0.2, 0) is 15.0 Å². The normalized spacial score (nSPS) is 23.2. The molecule has 0 saturated carbocycles. The van der Waals surface area contributed by atoms with Gasteiger partial charge in [0.15, 0.2) is 0 Å². The number of pyridine rings is 1. The van der Waals surface area contributed by atoms with Crippen LogP contribution in [0.2, 0.25) is 5.02 Å². The van der Waals surface area contributed by atoms with Crippen LogP contribution in [0.4, 0.5) is 20.2 Å². The fourth-order valence-corrected chi connectivity index (χ4v) is 6.23. The molecule has 1 saturated heterocycles. The fourth-order valence-electron chi connectivity index (χ4n) is 6.05. The maximum Gasteiger partial charge on any atom is 0.242 e. The molecule has 3 aromatic rings. The molecule has 1 aromatic heterocycles. The highest BCUT2D eigenvalue weighted by atomic mass is 35.5. The van der Waals surface area contributed by atoms with Gasteiger partial charge in [-0.15, -0.1) is 0 Å². The van der Waals surface area contributed by atoms with Crippen LogP contribution >= 0.6 is 11.6 Å². The summed E-state index contributed by atoms with van der Waals surface area (Å²) in [5.41, 5.74) is -0.875. The average Bonchev–Trinajstić information content (AvgIpc) is 3.39. The van der Waals surface area contributed by atoms with E-state index in [4.69, 9.17) is 16.3 Å². The van der Waals surface area contributed by atoms with Crippen molar-refractivity contribution < 1.29 is 23.1 Å². The number of methoxy groups -OCH3 is 1. The van der Waals surface area contributed by atoms with Crippen molar-refractivity contribution in [1.29, 1.82) is 5.26 Å². The second-order valence-electron chi connectivity index (χ2n) is 11.5. The van der Waals surface area contributed by atoms with Gasteiger partial charge in [0.1, 0.15) is 22.8 Å². The Morgan fingerprint density at radius 3 is 2.68 bits per heavy atom. The lowest BCUT2D eigenvalue weighted by atomic mass is 9.64. The van der Waals surface area contributed by atoms with Crippen molar-refractivity contribution >= 4 is 34.8 Å². The third-order valence-electron chi connectivity index (χ3n) is 7.63. The van der Waals surface area contributed by atoms with Crippen molar-refractivity contribution in [3.05, 3.63) is 82.1 Å². The SMILES string of the molecule is COc1cc(C#N)ccc1NC(=O)[C@@H]1N[C@@H](CC(C)(C)C)[C@@]2(C(=O)Nc3cc(F)cnc32)[C@H]1c1cccc(Cl)c1F. The average molecular weight is 580 g/mol. The van der Waals surface area contributed by atoms with E-state index in [1.165, 1.54) is 43.5 Å². The molecule has 2 aliphatic rings. The summed E-state index contributed by atoms with van der Waals surface area (Å²) >= 11 is 6.21. The van der Waals surface area contributed by atoms with Crippen molar-refractivity contribution in [2.45, 2.75) is 50.6 Å². The first-order valence-corrected chi connectivity index (χ1v) is 13.3. The number of rotatable bonds is 5. The predicted octanol–water partition coefficient (Wildman–Crippen LogP) is 5.28. The van der Waals surface area contributed by atoms with Gasteiger partial charge in [0.05, 0.1) is 53.1 Å². The van der Waals surface area contributed by atoms with E-state index in [9.17, 15) is 19.2 Å². The molecule has 3 heterocycles. The molecular weight excluding hydrogens is 552 g/mol. The molecule has 0 unspecified atom stereocenters. The molecule has 4 atom stereocenters. The molecule has 0 radical (unpaired) electrons. The van der Waals surface area contributed by atoms with Gasteiger partial charge in [-0.1, -0.05) is 44.5 Å². The second-order valence-corrected chi connectivity index (χ2v) is 11.9. The van der Waals surface area contributed by atoms with Crippen LogP contribution in [0.5, 0.6) is 5.75 Å². The summed E-state index contributed by atoms with van der Waals surface area (Å²) < 4.78 is 35.5. The van der Waals surface area contributed by atoms with Gasteiger partial charge in [0, 0.05) is 24.1 Å². The molecule has 0 bridgehead atoms. The van der Waals surface area contributed by atoms with E-state index < -0.39 is 46.9 Å². The maximum absolute atomic E-state index is 15.8. The maximum atomic E-state index is 15.8. The first-order valence-electron chi connectivity index (χ1n) is 13.0. The first-order chi connectivity index (χ1) is 19.4. The lowest BCUT2D eigenvalue weighted by molar-refractivity contribution is -0.122. The van der Waals surface area contributed by atoms with E-state index >= 15 is 4.39 Å². The minimum absolute atomic E-state index is 0.0440. The number of hydrogen-bond acceptors (Lipinski definition) is 6. The Kier molecular flexibility index (Phi) is 7.22. The van der Waals surface area contributed by atoms with Crippen LogP contribution in [0.15, 0.2) is 48.7 Å². The summed E-state index contributed by atoms with van der Waals surface area (Å²) in [6.07, 6.45) is 1.40. The number of benzene rings is 2. The van der Waals surface area contributed by atoms with Crippen molar-refractivity contribution in [1.82, 2.24) is 10.3 Å². The zero-order valence-corrected chi connectivity index (χ0v) is 23.6. The summed E-state index contributed by atoms with van der Waals surface area (Å²) in [5.74, 6) is -3.39. The molecule has 0 aliphatic carbocycles. The molecule has 1 spiro atoms. The van der Waals surface area contributed by atoms with E-state index in [1.54, 1.807) is 6.07 Å². The lowest BCUT2D eigenvalue weighted by Gasteiger charge is -2.36. The van der Waals surface area contributed by atoms with Crippen molar-refractivity contribution in [2.24, 2.45) is 5.41 Å². The molecule has 8 nitrogen and oxygen atoms in total. The monoisotopic (exact) mass is 579 g/mol. The highest BCUT2D eigenvalue weighted by Crippen LogP contribution is 2.56. The van der Waals surface area contributed by atoms with Crippen LogP contribution < -0.4 is 20.7 Å². The van der Waals surface area contributed by atoms with Gasteiger partial charge in [-0.05, 0) is 35.6 Å². The Balaban J connectivity index is 1.71. The van der Waals surface area contributed by atoms with E-state index in [2.05, 4.69) is 20.9 Å². The first kappa shape index (κ1) is 28.5. The molecule has 3 N–H and O–H groups in total. The minimum atomic E-state index is -1.58. The van der Waals surface area contributed by atoms with Gasteiger partial charge in [0.2, 0.25) is 11.8 Å². The summed E-state index contributed by atoms with van der Waals surface area (Å²) in [5, 5.41) is 18.0. The zero-order valence-electron chi connectivity index (χ0n) is 22.8. The number of hydrogen-bond donors (Lipinski definition) is 3. The number of anilines is 2. The third kappa shape index (κ3) is 4.79. The van der Waals surface area contributed by atoms with Gasteiger partial charge in [-0.3, -0.25) is 14.6 Å². The quantitative estimate of drug-likeness (QED) is 0.379. The van der Waals surface area contributed by atoms with Crippen molar-refractivity contribution in [3.8, 4) is 11.8 Å². The van der Waals surface area contributed by atoms with E-state index in [0.717, 1.165) is 6.20 Å². The van der Waals surface area contributed by atoms with Gasteiger partial charge in [-0.2, -0.15) is 5.26 Å². The Hall–Kier alpha value is -4.07. The van der Waals surface area contributed by atoms with Gasteiger partial charge >= 0.3 is 0 Å². The highest BCUT2D eigenvalue weighted by Gasteiger charge is 2.67. The number of fused-ring (bicyclic) bond motifs is 2. The molecule has 5 rings (SSSR count). The van der Waals surface area contributed by atoms with Gasteiger partial charge in [0.25, 0.3) is 0 Å². The molecule has 2 aliphatic heterocycles. The number of nitrogens with one attached hydrogen (secondary N) is 3. The number of nitriles is 1. The third-order valence-corrected chi connectivity index (χ3v) is 7.92. The van der Waals surface area contributed by atoms with Crippen LogP contribution in [0, 0.1) is 28.4 Å². The van der Waals surface area contributed by atoms with Crippen LogP contribution in [0.25, 0.3) is 0 Å². The predicted molar refractivity (Wildman–Crippen MR) is 150 cm³/mol. The number of aromatic nitrogens is 1. The van der Waals surface area contributed by atoms with Crippen molar-refractivity contribution in [3.63, 3.8) is 0 Å².